The van der Waals surface area contributed by atoms with E-state index in [0.29, 0.717) is 0 Å². The Morgan fingerprint density at radius 3 is 1.80 bits per heavy atom. The van der Waals surface area contributed by atoms with Gasteiger partial charge in [-0.3, -0.25) is 0 Å². The first kappa shape index (κ1) is 13.2. The van der Waals surface area contributed by atoms with Gasteiger partial charge in [-0.1, -0.05) is 11.7 Å². The van der Waals surface area contributed by atoms with E-state index in [0.717, 1.165) is 0 Å². The van der Waals surface area contributed by atoms with Gasteiger partial charge < -0.3 is 0 Å². The zero-order valence-corrected chi connectivity index (χ0v) is 11.7. The maximum absolute atomic E-state index is 5.18. The van der Waals surface area contributed by atoms with Crippen molar-refractivity contribution in [1.82, 2.24) is 0 Å². The van der Waals surface area contributed by atoms with Crippen LogP contribution in [0, 0.1) is 0 Å². The molecule has 10 heteroatoms. The van der Waals surface area contributed by atoms with Gasteiger partial charge in [0.15, 0.2) is 7.12 Å². The van der Waals surface area contributed by atoms with Gasteiger partial charge in [0.2, 0.25) is 0 Å². The molecular formula is HBS9. The van der Waals surface area contributed by atoms with Crippen molar-refractivity contribution in [2.45, 2.75) is 0 Å². The van der Waals surface area contributed by atoms with E-state index in [2.05, 4.69) is 11.7 Å². The average Bonchev–Trinajstić information content (AvgIpc) is 1.97. The molecule has 58 valence electrons. The quantitative estimate of drug-likeness (QED) is 0.291. The Labute approximate surface area is 96.8 Å². The number of hydrogen-bond acceptors (Lipinski definition) is 9. The molecule has 0 saturated heterocycles. The summed E-state index contributed by atoms with van der Waals surface area (Å²) in [5, 5.41) is 0. The molecule has 0 rings (SSSR count). The lowest BCUT2D eigenvalue weighted by molar-refractivity contribution is 5.21. The van der Waals surface area contributed by atoms with Crippen molar-refractivity contribution < 1.29 is 0 Å². The van der Waals surface area contributed by atoms with Gasteiger partial charge in [-0.25, -0.2) is 0 Å². The zero-order valence-electron chi connectivity index (χ0n) is 4.29. The Morgan fingerprint density at radius 2 is 1.30 bits per heavy atom. The summed E-state index contributed by atoms with van der Waals surface area (Å²) in [6, 6.07) is 0. The lowest BCUT2D eigenvalue weighted by Gasteiger charge is -1.93. The first-order valence-electron chi connectivity index (χ1n) is 1.58. The summed E-state index contributed by atoms with van der Waals surface area (Å²) in [5.74, 6) is 0. The van der Waals surface area contributed by atoms with E-state index in [1.165, 1.54) is 20.5 Å². The van der Waals surface area contributed by atoms with E-state index in [1.807, 2.05) is 0 Å². The van der Waals surface area contributed by atoms with Gasteiger partial charge in [-0.2, -0.15) is 10.6 Å². The topological polar surface area (TPSA) is 0 Å². The summed E-state index contributed by atoms with van der Waals surface area (Å²) in [7, 11) is 17.9. The van der Waals surface area contributed by atoms with Gasteiger partial charge in [0.1, 0.15) is 0 Å². The van der Waals surface area contributed by atoms with Gasteiger partial charge in [0.25, 0.3) is 0 Å². The minimum atomic E-state index is 1.27. The molecule has 2 radical (unpaired) electrons. The van der Waals surface area contributed by atoms with Crippen molar-refractivity contribution in [2.75, 3.05) is 0 Å². The highest BCUT2D eigenvalue weighted by atomic mass is 34.0. The molecule has 0 amide bonds. The van der Waals surface area contributed by atoms with E-state index in [1.54, 1.807) is 59.0 Å². The zero-order chi connectivity index (χ0) is 7.66. The van der Waals surface area contributed by atoms with Crippen LogP contribution in [0.5, 0.6) is 0 Å². The number of hydrogen-bond donors (Lipinski definition) is 1. The smallest absolute Gasteiger partial charge is 0.151 e. The van der Waals surface area contributed by atoms with Crippen molar-refractivity contribution in [3.63, 3.8) is 0 Å². The summed E-state index contributed by atoms with van der Waals surface area (Å²) < 4.78 is 0. The summed E-state index contributed by atoms with van der Waals surface area (Å²) >= 11 is 3.96. The van der Waals surface area contributed by atoms with Crippen LogP contribution in [0.3, 0.4) is 0 Å². The molecule has 0 fully saturated rings. The molecular weight excluding hydrogens is 299 g/mol. The van der Waals surface area contributed by atoms with Crippen LogP contribution in [0.15, 0.2) is 0 Å². The molecule has 0 nitrogen and oxygen atoms in total. The molecule has 0 atom stereocenters. The van der Waals surface area contributed by atoms with Crippen LogP contribution >= 0.6 is 91.1 Å². The second-order valence-electron chi connectivity index (χ2n) is 0.579. The average molecular weight is 300 g/mol. The highest BCUT2D eigenvalue weighted by Gasteiger charge is 1.92. The van der Waals surface area contributed by atoms with Crippen LogP contribution in [-0.4, -0.2) is 7.12 Å². The standard InChI is InChI=1S/BHS9/c1-3-5-7-9-10-8-6-4-2/h2H. The molecule has 0 aliphatic heterocycles. The fourth-order valence-corrected chi connectivity index (χ4v) is 15.3. The van der Waals surface area contributed by atoms with Crippen molar-refractivity contribution >= 4 is 98.2 Å². The summed E-state index contributed by atoms with van der Waals surface area (Å²) in [5.41, 5.74) is 0. The molecule has 0 bridgehead atoms. The van der Waals surface area contributed by atoms with Crippen LogP contribution in [0.2, 0.25) is 0 Å². The van der Waals surface area contributed by atoms with E-state index < -0.39 is 0 Å². The van der Waals surface area contributed by atoms with Gasteiger partial charge >= 0.3 is 0 Å². The predicted octanol–water partition coefficient (Wildman–Crippen LogP) is 5.19. The Hall–Kier alpha value is 3.21. The van der Waals surface area contributed by atoms with Crippen LogP contribution < -0.4 is 0 Å². The highest BCUT2D eigenvalue weighted by Crippen LogP contribution is 2.56. The van der Waals surface area contributed by atoms with Crippen LogP contribution in [0.1, 0.15) is 0 Å². The van der Waals surface area contributed by atoms with E-state index >= 15 is 0 Å². The molecule has 0 unspecified atom stereocenters. The third-order valence-electron chi connectivity index (χ3n) is 0.209. The lowest BCUT2D eigenvalue weighted by Crippen LogP contribution is -1.33. The van der Waals surface area contributed by atoms with Crippen molar-refractivity contribution in [3.05, 3.63) is 0 Å². The predicted molar refractivity (Wildman–Crippen MR) is 75.5 cm³/mol. The molecule has 0 aromatic heterocycles. The third-order valence-corrected chi connectivity index (χ3v) is 14.8. The number of rotatable bonds is 7. The minimum Gasteiger partial charge on any atom is -0.151 e. The third kappa shape index (κ3) is 11.2. The van der Waals surface area contributed by atoms with Crippen molar-refractivity contribution in [1.29, 1.82) is 0 Å². The first-order chi connectivity index (χ1) is 4.91. The lowest BCUT2D eigenvalue weighted by atomic mass is 10.8. The van der Waals surface area contributed by atoms with Gasteiger partial charge in [0.05, 0.1) is 0 Å². The second-order valence-corrected chi connectivity index (χ2v) is 13.9. The monoisotopic (exact) mass is 300 g/mol. The minimum absolute atomic E-state index is 1.27. The second kappa shape index (κ2) is 12.2. The van der Waals surface area contributed by atoms with E-state index in [4.69, 9.17) is 7.12 Å². The Morgan fingerprint density at radius 1 is 0.800 bits per heavy atom. The van der Waals surface area contributed by atoms with E-state index in [-0.39, 0.29) is 0 Å². The fourth-order valence-electron chi connectivity index (χ4n) is 0.0738. The molecule has 0 aliphatic rings. The molecule has 0 heterocycles. The molecule has 0 aromatic carbocycles. The van der Waals surface area contributed by atoms with Crippen LogP contribution in [0.4, 0.5) is 0 Å². The first-order valence-corrected chi connectivity index (χ1v) is 12.9. The summed E-state index contributed by atoms with van der Waals surface area (Å²) in [4.78, 5) is 0. The molecule has 0 aliphatic carbocycles. The Bertz CT molecular complexity index is 44.7. The number of thiol groups is 1. The fraction of sp³-hybridized carbons (Fsp3) is 0. The van der Waals surface area contributed by atoms with Gasteiger partial charge in [-0.05, 0) is 68.8 Å². The van der Waals surface area contributed by atoms with E-state index in [9.17, 15) is 0 Å². The Kier molecular flexibility index (Phi) is 16.1. The Balaban J connectivity index is 2.65. The van der Waals surface area contributed by atoms with Crippen LogP contribution in [0.25, 0.3) is 0 Å². The largest absolute Gasteiger partial charge is 0.178 e. The van der Waals surface area contributed by atoms with Crippen molar-refractivity contribution in [3.8, 4) is 0 Å². The highest BCUT2D eigenvalue weighted by molar-refractivity contribution is 9.51. The SMILES string of the molecule is [B]SSSSSSSSS. The molecule has 0 N–H and O–H groups in total. The molecule has 0 saturated carbocycles. The molecule has 0 aromatic rings. The maximum atomic E-state index is 5.18. The van der Waals surface area contributed by atoms with Gasteiger partial charge in [-0.15, -0.1) is 0 Å². The van der Waals surface area contributed by atoms with Crippen molar-refractivity contribution in [2.24, 2.45) is 0 Å². The maximum Gasteiger partial charge on any atom is 0.178 e. The summed E-state index contributed by atoms with van der Waals surface area (Å²) in [6.07, 6.45) is 0. The van der Waals surface area contributed by atoms with Gasteiger partial charge in [0, 0.05) is 0 Å². The normalized spacial score (nSPS) is 10.1. The van der Waals surface area contributed by atoms with Crippen LogP contribution in [-0.2, 0) is 0 Å². The summed E-state index contributed by atoms with van der Waals surface area (Å²) in [6.45, 7) is 0. The molecule has 10 heavy (non-hydrogen) atoms. The molecule has 0 spiro atoms.